The van der Waals surface area contributed by atoms with Gasteiger partial charge in [0.25, 0.3) is 11.5 Å². The molecule has 0 fully saturated rings. The normalized spacial score (nSPS) is 13.1. The largest absolute Gasteiger partial charge is 0.341 e. The summed E-state index contributed by atoms with van der Waals surface area (Å²) in [5.74, 6) is 6.55. The van der Waals surface area contributed by atoms with Crippen molar-refractivity contribution >= 4 is 16.8 Å². The van der Waals surface area contributed by atoms with Gasteiger partial charge < -0.3 is 5.32 Å². The minimum atomic E-state index is -0.221. The highest BCUT2D eigenvalue weighted by molar-refractivity contribution is 5.97. The molecule has 0 saturated carbocycles. The van der Waals surface area contributed by atoms with Crippen molar-refractivity contribution in [2.45, 2.75) is 32.2 Å². The third kappa shape index (κ3) is 3.81. The fourth-order valence-electron chi connectivity index (χ4n) is 3.45. The Balaban J connectivity index is 1.53. The van der Waals surface area contributed by atoms with Crippen LogP contribution in [0.15, 0.2) is 53.3 Å². The number of hydrogen-bond acceptors (Lipinski definition) is 3. The molecule has 1 aliphatic rings. The van der Waals surface area contributed by atoms with E-state index in [4.69, 9.17) is 0 Å². The van der Waals surface area contributed by atoms with Crippen molar-refractivity contribution in [2.75, 3.05) is 6.54 Å². The van der Waals surface area contributed by atoms with Crippen LogP contribution < -0.4 is 10.9 Å². The molecule has 140 valence electrons. The maximum atomic E-state index is 12.8. The van der Waals surface area contributed by atoms with Crippen molar-refractivity contribution < 1.29 is 4.79 Å². The predicted octanol–water partition coefficient (Wildman–Crippen LogP) is 2.90. The van der Waals surface area contributed by atoms with E-state index in [1.165, 1.54) is 0 Å². The van der Waals surface area contributed by atoms with E-state index in [-0.39, 0.29) is 18.0 Å². The zero-order valence-corrected chi connectivity index (χ0v) is 15.6. The Morgan fingerprint density at radius 3 is 2.82 bits per heavy atom. The number of aromatic nitrogens is 2. The summed E-state index contributed by atoms with van der Waals surface area (Å²) in [6.45, 7) is 0.978. The highest BCUT2D eigenvalue weighted by Gasteiger charge is 2.15. The molecule has 2 aromatic carbocycles. The molecule has 0 atom stereocenters. The van der Waals surface area contributed by atoms with Crippen LogP contribution in [-0.4, -0.2) is 22.0 Å². The molecular formula is C23H21N3O2. The van der Waals surface area contributed by atoms with Gasteiger partial charge in [0.15, 0.2) is 0 Å². The highest BCUT2D eigenvalue weighted by atomic mass is 16.1. The molecule has 5 heteroatoms. The fraction of sp³-hybridized carbons (Fsp3) is 0.261. The molecular weight excluding hydrogens is 350 g/mol. The average Bonchev–Trinajstić information content (AvgIpc) is 2.97. The van der Waals surface area contributed by atoms with Gasteiger partial charge in [-0.15, -0.1) is 0 Å². The van der Waals surface area contributed by atoms with Crippen LogP contribution in [0.5, 0.6) is 0 Å². The SMILES string of the molecule is O=C(NCC#Cc1ccccc1)c1ccc2c(=O)n3c(nc2c1)CCCCC3. The first-order valence-corrected chi connectivity index (χ1v) is 9.58. The van der Waals surface area contributed by atoms with Crippen molar-refractivity contribution in [3.05, 3.63) is 75.8 Å². The minimum Gasteiger partial charge on any atom is -0.341 e. The smallest absolute Gasteiger partial charge is 0.261 e. The lowest BCUT2D eigenvalue weighted by Gasteiger charge is -2.10. The van der Waals surface area contributed by atoms with Crippen LogP contribution in [0.25, 0.3) is 10.9 Å². The Morgan fingerprint density at radius 1 is 1.11 bits per heavy atom. The van der Waals surface area contributed by atoms with E-state index in [1.54, 1.807) is 22.8 Å². The Hall–Kier alpha value is -3.39. The second kappa shape index (κ2) is 8.10. The number of fused-ring (bicyclic) bond motifs is 2. The molecule has 0 spiro atoms. The van der Waals surface area contributed by atoms with Gasteiger partial charge in [0.2, 0.25) is 0 Å². The Morgan fingerprint density at radius 2 is 1.96 bits per heavy atom. The van der Waals surface area contributed by atoms with Gasteiger partial charge in [-0.25, -0.2) is 4.98 Å². The van der Waals surface area contributed by atoms with E-state index in [2.05, 4.69) is 22.1 Å². The molecule has 1 amide bonds. The molecule has 0 unspecified atom stereocenters. The van der Waals surface area contributed by atoms with Gasteiger partial charge >= 0.3 is 0 Å². The molecule has 28 heavy (non-hydrogen) atoms. The molecule has 1 aliphatic heterocycles. The lowest BCUT2D eigenvalue weighted by atomic mass is 10.1. The summed E-state index contributed by atoms with van der Waals surface area (Å²) in [4.78, 5) is 29.9. The van der Waals surface area contributed by atoms with Gasteiger partial charge in [0.05, 0.1) is 17.4 Å². The zero-order chi connectivity index (χ0) is 19.3. The summed E-state index contributed by atoms with van der Waals surface area (Å²) in [7, 11) is 0. The summed E-state index contributed by atoms with van der Waals surface area (Å²) in [6, 6.07) is 14.7. The van der Waals surface area contributed by atoms with Crippen molar-refractivity contribution in [3.63, 3.8) is 0 Å². The van der Waals surface area contributed by atoms with Crippen LogP contribution in [-0.2, 0) is 13.0 Å². The molecule has 0 aliphatic carbocycles. The van der Waals surface area contributed by atoms with Crippen LogP contribution >= 0.6 is 0 Å². The average molecular weight is 371 g/mol. The number of carbonyl (C=O) groups is 1. The second-order valence-corrected chi connectivity index (χ2v) is 6.88. The van der Waals surface area contributed by atoms with E-state index in [9.17, 15) is 9.59 Å². The van der Waals surface area contributed by atoms with E-state index < -0.39 is 0 Å². The Kier molecular flexibility index (Phi) is 5.20. The third-order valence-corrected chi connectivity index (χ3v) is 4.92. The molecule has 5 nitrogen and oxygen atoms in total. The topological polar surface area (TPSA) is 64.0 Å². The van der Waals surface area contributed by atoms with Crippen molar-refractivity contribution in [1.82, 2.24) is 14.9 Å². The number of carbonyl (C=O) groups excluding carboxylic acids is 1. The minimum absolute atomic E-state index is 0.0115. The number of nitrogens with one attached hydrogen (secondary N) is 1. The summed E-state index contributed by atoms with van der Waals surface area (Å²) in [5, 5.41) is 3.36. The van der Waals surface area contributed by atoms with Gasteiger partial charge in [-0.3, -0.25) is 14.2 Å². The van der Waals surface area contributed by atoms with Gasteiger partial charge in [-0.2, -0.15) is 0 Å². The van der Waals surface area contributed by atoms with Gasteiger partial charge in [0.1, 0.15) is 5.82 Å². The standard InChI is InChI=1S/C23H21N3O2/c27-22(24-14-7-10-17-8-3-1-4-9-17)18-12-13-19-20(16-18)25-21-11-5-2-6-15-26(21)23(19)28/h1,3-4,8-9,12-13,16H,2,5-6,11,14-15H2,(H,24,27). The van der Waals surface area contributed by atoms with Crippen LogP contribution in [0.2, 0.25) is 0 Å². The quantitative estimate of drug-likeness (QED) is 0.705. The summed E-state index contributed by atoms with van der Waals surface area (Å²) < 4.78 is 1.79. The maximum absolute atomic E-state index is 12.8. The highest BCUT2D eigenvalue weighted by Crippen LogP contribution is 2.16. The number of hydrogen-bond donors (Lipinski definition) is 1. The number of nitrogens with zero attached hydrogens (tertiary/aromatic N) is 2. The van der Waals surface area contributed by atoms with E-state index in [0.717, 1.165) is 43.6 Å². The summed E-state index contributed by atoms with van der Waals surface area (Å²) in [6.07, 6.45) is 3.95. The summed E-state index contributed by atoms with van der Waals surface area (Å²) >= 11 is 0. The third-order valence-electron chi connectivity index (χ3n) is 4.92. The molecule has 4 rings (SSSR count). The summed E-state index contributed by atoms with van der Waals surface area (Å²) in [5.41, 5.74) is 1.97. The first-order chi connectivity index (χ1) is 13.7. The number of benzene rings is 2. The molecule has 3 aromatic rings. The molecule has 0 saturated heterocycles. The van der Waals surface area contributed by atoms with Crippen LogP contribution in [0.4, 0.5) is 0 Å². The molecule has 0 bridgehead atoms. The molecule has 1 N–H and O–H groups in total. The predicted molar refractivity (Wildman–Crippen MR) is 109 cm³/mol. The van der Waals surface area contributed by atoms with Crippen molar-refractivity contribution in [3.8, 4) is 11.8 Å². The lowest BCUT2D eigenvalue weighted by molar-refractivity contribution is 0.0959. The second-order valence-electron chi connectivity index (χ2n) is 6.88. The maximum Gasteiger partial charge on any atom is 0.261 e. The van der Waals surface area contributed by atoms with Crippen LogP contribution in [0.1, 0.15) is 41.0 Å². The van der Waals surface area contributed by atoms with E-state index in [0.29, 0.717) is 16.5 Å². The lowest BCUT2D eigenvalue weighted by Crippen LogP contribution is -2.26. The van der Waals surface area contributed by atoms with Crippen LogP contribution in [0, 0.1) is 11.8 Å². The monoisotopic (exact) mass is 371 g/mol. The fourth-order valence-corrected chi connectivity index (χ4v) is 3.45. The Bertz CT molecular complexity index is 1140. The molecule has 0 radical (unpaired) electrons. The van der Waals surface area contributed by atoms with Crippen molar-refractivity contribution in [1.29, 1.82) is 0 Å². The van der Waals surface area contributed by atoms with Gasteiger partial charge in [-0.05, 0) is 43.2 Å². The molecule has 2 heterocycles. The van der Waals surface area contributed by atoms with E-state index in [1.807, 2.05) is 30.3 Å². The van der Waals surface area contributed by atoms with Crippen LogP contribution in [0.3, 0.4) is 0 Å². The number of rotatable bonds is 2. The first kappa shape index (κ1) is 18.0. The molecule has 1 aromatic heterocycles. The number of aryl methyl sites for hydroxylation is 1. The first-order valence-electron chi connectivity index (χ1n) is 9.58. The zero-order valence-electron chi connectivity index (χ0n) is 15.6. The van der Waals surface area contributed by atoms with Gasteiger partial charge in [-0.1, -0.05) is 36.5 Å². The van der Waals surface area contributed by atoms with Gasteiger partial charge in [0, 0.05) is 24.1 Å². The van der Waals surface area contributed by atoms with E-state index >= 15 is 0 Å². The van der Waals surface area contributed by atoms with Crippen molar-refractivity contribution in [2.24, 2.45) is 0 Å². The Labute approximate surface area is 163 Å². The number of amides is 1.